The zero-order valence-electron chi connectivity index (χ0n) is 11.2. The van der Waals surface area contributed by atoms with Gasteiger partial charge in [-0.2, -0.15) is 0 Å². The van der Waals surface area contributed by atoms with Crippen molar-refractivity contribution in [1.29, 1.82) is 0 Å². The number of hydrogen-bond donors (Lipinski definition) is 1. The van der Waals surface area contributed by atoms with Crippen molar-refractivity contribution in [2.24, 2.45) is 0 Å². The summed E-state index contributed by atoms with van der Waals surface area (Å²) in [5.74, 6) is 1.35. The Morgan fingerprint density at radius 1 is 1.19 bits per heavy atom. The summed E-state index contributed by atoms with van der Waals surface area (Å²) in [4.78, 5) is 20.1. The number of halogens is 1. The Labute approximate surface area is 126 Å². The summed E-state index contributed by atoms with van der Waals surface area (Å²) in [6.45, 7) is 2.69. The molecule has 1 aromatic carbocycles. The molecule has 0 aliphatic carbocycles. The van der Waals surface area contributed by atoms with E-state index in [9.17, 15) is 4.79 Å². The van der Waals surface area contributed by atoms with Crippen molar-refractivity contribution in [3.63, 3.8) is 0 Å². The van der Waals surface area contributed by atoms with E-state index in [0.717, 1.165) is 0 Å². The minimum Gasteiger partial charge on any atom is -0.486 e. The number of fused-ring (bicyclic) bond motifs is 1. The summed E-state index contributed by atoms with van der Waals surface area (Å²) >= 11 is 5.82. The molecule has 1 N–H and O–H groups in total. The lowest BCUT2D eigenvalue weighted by atomic mass is 10.2. The van der Waals surface area contributed by atoms with E-state index in [2.05, 4.69) is 15.3 Å². The topological polar surface area (TPSA) is 73.3 Å². The Balaban J connectivity index is 1.81. The van der Waals surface area contributed by atoms with Gasteiger partial charge in [-0.25, -0.2) is 9.97 Å². The van der Waals surface area contributed by atoms with Crippen molar-refractivity contribution >= 4 is 23.2 Å². The molecule has 0 saturated carbocycles. The fourth-order valence-corrected chi connectivity index (χ4v) is 2.19. The quantitative estimate of drug-likeness (QED) is 0.863. The summed E-state index contributed by atoms with van der Waals surface area (Å²) in [6, 6.07) is 6.62. The third-order valence-electron chi connectivity index (χ3n) is 2.84. The molecule has 108 valence electrons. The molecule has 2 aromatic rings. The summed E-state index contributed by atoms with van der Waals surface area (Å²) in [6.07, 6.45) is 0. The molecule has 0 spiro atoms. The molecule has 0 fully saturated rings. The molecule has 0 saturated heterocycles. The molecular weight excluding hydrogens is 294 g/mol. The Bertz CT molecular complexity index is 686. The molecule has 2 heterocycles. The number of benzene rings is 1. The Hall–Kier alpha value is -2.34. The van der Waals surface area contributed by atoms with Crippen LogP contribution in [0, 0.1) is 6.92 Å². The average molecular weight is 306 g/mol. The largest absolute Gasteiger partial charge is 0.486 e. The van der Waals surface area contributed by atoms with Crippen LogP contribution >= 0.6 is 11.6 Å². The van der Waals surface area contributed by atoms with Crippen molar-refractivity contribution in [1.82, 2.24) is 9.97 Å². The van der Waals surface area contributed by atoms with Crippen LogP contribution in [0.2, 0.25) is 5.15 Å². The number of carbonyl (C=O) groups excluding carboxylic acids is 1. The highest BCUT2D eigenvalue weighted by atomic mass is 35.5. The van der Waals surface area contributed by atoms with Crippen molar-refractivity contribution in [2.45, 2.75) is 6.92 Å². The average Bonchev–Trinajstić information content (AvgIpc) is 2.46. The molecule has 1 aliphatic rings. The van der Waals surface area contributed by atoms with Gasteiger partial charge in [0.2, 0.25) is 0 Å². The number of aromatic nitrogens is 2. The maximum atomic E-state index is 12.2. The van der Waals surface area contributed by atoms with Crippen molar-refractivity contribution in [2.75, 3.05) is 18.5 Å². The maximum Gasteiger partial charge on any atom is 0.274 e. The van der Waals surface area contributed by atoms with Gasteiger partial charge in [-0.3, -0.25) is 4.79 Å². The molecule has 7 heteroatoms. The van der Waals surface area contributed by atoms with E-state index in [4.69, 9.17) is 21.1 Å². The molecule has 21 heavy (non-hydrogen) atoms. The minimum absolute atomic E-state index is 0.211. The predicted octanol–water partition coefficient (Wildman–Crippen LogP) is 2.46. The lowest BCUT2D eigenvalue weighted by Crippen LogP contribution is -2.17. The van der Waals surface area contributed by atoms with Crippen LogP contribution < -0.4 is 14.8 Å². The highest BCUT2D eigenvalue weighted by molar-refractivity contribution is 6.29. The van der Waals surface area contributed by atoms with Gasteiger partial charge < -0.3 is 14.8 Å². The number of hydrogen-bond acceptors (Lipinski definition) is 5. The Morgan fingerprint density at radius 3 is 2.71 bits per heavy atom. The maximum absolute atomic E-state index is 12.2. The number of nitrogens with one attached hydrogen (secondary N) is 1. The number of rotatable bonds is 2. The monoisotopic (exact) mass is 305 g/mol. The number of anilines is 1. The van der Waals surface area contributed by atoms with Crippen LogP contribution in [0.5, 0.6) is 11.5 Å². The highest BCUT2D eigenvalue weighted by Gasteiger charge is 2.14. The lowest BCUT2D eigenvalue weighted by Gasteiger charge is -2.18. The van der Waals surface area contributed by atoms with Gasteiger partial charge in [-0.05, 0) is 19.1 Å². The van der Waals surface area contributed by atoms with Crippen LogP contribution in [0.1, 0.15) is 16.3 Å². The molecule has 3 rings (SSSR count). The van der Waals surface area contributed by atoms with E-state index in [1.54, 1.807) is 25.1 Å². The molecule has 1 aliphatic heterocycles. The van der Waals surface area contributed by atoms with E-state index in [1.807, 2.05) is 0 Å². The summed E-state index contributed by atoms with van der Waals surface area (Å²) in [5.41, 5.74) is 0.805. The van der Waals surface area contributed by atoms with E-state index in [-0.39, 0.29) is 16.8 Å². The lowest BCUT2D eigenvalue weighted by molar-refractivity contribution is 0.102. The molecule has 1 amide bonds. The molecule has 0 bridgehead atoms. The van der Waals surface area contributed by atoms with Crippen LogP contribution in [0.25, 0.3) is 0 Å². The molecule has 1 aromatic heterocycles. The summed E-state index contributed by atoms with van der Waals surface area (Å²) in [7, 11) is 0. The minimum atomic E-state index is -0.362. The van der Waals surface area contributed by atoms with Gasteiger partial charge in [-0.15, -0.1) is 0 Å². The third kappa shape index (κ3) is 3.05. The van der Waals surface area contributed by atoms with Crippen molar-refractivity contribution < 1.29 is 14.3 Å². The van der Waals surface area contributed by atoms with Gasteiger partial charge in [0.1, 0.15) is 29.9 Å². The predicted molar refractivity (Wildman–Crippen MR) is 77.2 cm³/mol. The molecule has 0 unspecified atom stereocenters. The normalized spacial score (nSPS) is 12.9. The van der Waals surface area contributed by atoms with Crippen LogP contribution in [0.4, 0.5) is 5.69 Å². The second-order valence-corrected chi connectivity index (χ2v) is 4.82. The zero-order chi connectivity index (χ0) is 14.8. The number of ether oxygens (including phenoxy) is 2. The molecule has 6 nitrogen and oxygen atoms in total. The second kappa shape index (κ2) is 5.57. The highest BCUT2D eigenvalue weighted by Crippen LogP contribution is 2.32. The Morgan fingerprint density at radius 2 is 1.95 bits per heavy atom. The van der Waals surface area contributed by atoms with Gasteiger partial charge >= 0.3 is 0 Å². The summed E-state index contributed by atoms with van der Waals surface area (Å²) in [5, 5.41) is 2.97. The molecule has 0 radical (unpaired) electrons. The number of amides is 1. The molecule has 0 atom stereocenters. The second-order valence-electron chi connectivity index (χ2n) is 4.44. The first kappa shape index (κ1) is 13.6. The summed E-state index contributed by atoms with van der Waals surface area (Å²) < 4.78 is 10.9. The van der Waals surface area contributed by atoms with E-state index < -0.39 is 0 Å². The smallest absolute Gasteiger partial charge is 0.274 e. The van der Waals surface area contributed by atoms with Crippen molar-refractivity contribution in [3.8, 4) is 11.5 Å². The van der Waals surface area contributed by atoms with Gasteiger partial charge in [-0.1, -0.05) is 11.6 Å². The Kier molecular flexibility index (Phi) is 3.62. The first-order valence-electron chi connectivity index (χ1n) is 6.34. The SMILES string of the molecule is Cc1nc(Cl)cc(C(=O)Nc2ccc3c(c2)OCCO3)n1. The van der Waals surface area contributed by atoms with Crippen molar-refractivity contribution in [3.05, 3.63) is 40.9 Å². The van der Waals surface area contributed by atoms with E-state index in [1.165, 1.54) is 6.07 Å². The fourth-order valence-electron chi connectivity index (χ4n) is 1.96. The van der Waals surface area contributed by atoms with E-state index in [0.29, 0.717) is 36.2 Å². The van der Waals surface area contributed by atoms with Crippen LogP contribution in [-0.4, -0.2) is 29.1 Å². The van der Waals surface area contributed by atoms with Gasteiger partial charge in [0.25, 0.3) is 5.91 Å². The first-order chi connectivity index (χ1) is 10.1. The fraction of sp³-hybridized carbons (Fsp3) is 0.214. The number of aryl methyl sites for hydroxylation is 1. The number of carbonyl (C=O) groups is 1. The van der Waals surface area contributed by atoms with Crippen LogP contribution in [0.3, 0.4) is 0 Å². The number of nitrogens with zero attached hydrogens (tertiary/aromatic N) is 2. The van der Waals surface area contributed by atoms with Gasteiger partial charge in [0.15, 0.2) is 11.5 Å². The standard InChI is InChI=1S/C14H12ClN3O3/c1-8-16-10(7-13(15)17-8)14(19)18-9-2-3-11-12(6-9)21-5-4-20-11/h2-3,6-7H,4-5H2,1H3,(H,18,19). The zero-order valence-corrected chi connectivity index (χ0v) is 12.0. The molecular formula is C14H12ClN3O3. The van der Waals surface area contributed by atoms with Crippen LogP contribution in [0.15, 0.2) is 24.3 Å². The van der Waals surface area contributed by atoms with Crippen LogP contribution in [-0.2, 0) is 0 Å². The first-order valence-corrected chi connectivity index (χ1v) is 6.72. The third-order valence-corrected chi connectivity index (χ3v) is 3.03. The van der Waals surface area contributed by atoms with E-state index >= 15 is 0 Å². The van der Waals surface area contributed by atoms with Gasteiger partial charge in [0, 0.05) is 17.8 Å². The van der Waals surface area contributed by atoms with Gasteiger partial charge in [0.05, 0.1) is 0 Å².